The first-order valence-corrected chi connectivity index (χ1v) is 6.80. The molecule has 0 aromatic heterocycles. The van der Waals surface area contributed by atoms with E-state index < -0.39 is 0 Å². The Morgan fingerprint density at radius 1 is 1.17 bits per heavy atom. The Balaban J connectivity index is 2.14. The van der Waals surface area contributed by atoms with Gasteiger partial charge in [0.15, 0.2) is 0 Å². The molecule has 3 nitrogen and oxygen atoms in total. The molecule has 1 fully saturated rings. The van der Waals surface area contributed by atoms with Crippen molar-refractivity contribution in [2.24, 2.45) is 0 Å². The molecule has 0 saturated carbocycles. The summed E-state index contributed by atoms with van der Waals surface area (Å²) in [6.07, 6.45) is 4.78. The first-order valence-electron chi connectivity index (χ1n) is 6.80. The molecule has 1 heterocycles. The third-order valence-electron chi connectivity index (χ3n) is 3.64. The molecule has 1 amide bonds. The third-order valence-corrected chi connectivity index (χ3v) is 3.64. The molecule has 98 valence electrons. The van der Waals surface area contributed by atoms with E-state index in [1.165, 1.54) is 12.8 Å². The Labute approximate surface area is 109 Å². The zero-order valence-corrected chi connectivity index (χ0v) is 11.3. The molecule has 0 bridgehead atoms. The Morgan fingerprint density at radius 2 is 1.83 bits per heavy atom. The summed E-state index contributed by atoms with van der Waals surface area (Å²) >= 11 is 0. The van der Waals surface area contributed by atoms with Crippen LogP contribution in [0, 0.1) is 6.92 Å². The molecule has 18 heavy (non-hydrogen) atoms. The maximum absolute atomic E-state index is 12.4. The van der Waals surface area contributed by atoms with Crippen LogP contribution in [-0.4, -0.2) is 30.9 Å². The summed E-state index contributed by atoms with van der Waals surface area (Å²) < 4.78 is 0. The molecular weight excluding hydrogens is 224 g/mol. The summed E-state index contributed by atoms with van der Waals surface area (Å²) in [4.78, 5) is 14.4. The first-order chi connectivity index (χ1) is 8.72. The normalized spacial score (nSPS) is 16.2. The second-order valence-corrected chi connectivity index (χ2v) is 4.99. The fourth-order valence-electron chi connectivity index (χ4n) is 2.53. The van der Waals surface area contributed by atoms with Crippen molar-refractivity contribution in [3.8, 4) is 0 Å². The van der Waals surface area contributed by atoms with Gasteiger partial charge in [0.05, 0.1) is 0 Å². The molecule has 1 aromatic rings. The van der Waals surface area contributed by atoms with Crippen LogP contribution >= 0.6 is 0 Å². The van der Waals surface area contributed by atoms with Crippen molar-refractivity contribution >= 4 is 11.6 Å². The number of hydrogen-bond acceptors (Lipinski definition) is 2. The van der Waals surface area contributed by atoms with Gasteiger partial charge in [0.1, 0.15) is 0 Å². The van der Waals surface area contributed by atoms with E-state index in [2.05, 4.69) is 5.32 Å². The fourth-order valence-corrected chi connectivity index (χ4v) is 2.53. The van der Waals surface area contributed by atoms with Gasteiger partial charge in [0, 0.05) is 31.4 Å². The number of anilines is 1. The van der Waals surface area contributed by atoms with Gasteiger partial charge < -0.3 is 10.2 Å². The highest BCUT2D eigenvalue weighted by atomic mass is 16.2. The highest BCUT2D eigenvalue weighted by molar-refractivity contribution is 5.95. The SMILES string of the molecule is CNc1ccc(C(=O)N2CCCCCC2)cc1C. The molecule has 0 unspecified atom stereocenters. The van der Waals surface area contributed by atoms with Gasteiger partial charge in [-0.25, -0.2) is 0 Å². The maximum Gasteiger partial charge on any atom is 0.253 e. The summed E-state index contributed by atoms with van der Waals surface area (Å²) in [5, 5.41) is 3.13. The number of carbonyl (C=O) groups is 1. The summed E-state index contributed by atoms with van der Waals surface area (Å²) in [7, 11) is 1.90. The lowest BCUT2D eigenvalue weighted by atomic mass is 10.1. The van der Waals surface area contributed by atoms with E-state index in [0.29, 0.717) is 0 Å². The zero-order valence-electron chi connectivity index (χ0n) is 11.3. The first kappa shape index (κ1) is 12.9. The lowest BCUT2D eigenvalue weighted by Crippen LogP contribution is -2.31. The van der Waals surface area contributed by atoms with E-state index in [-0.39, 0.29) is 5.91 Å². The lowest BCUT2D eigenvalue weighted by Gasteiger charge is -2.20. The number of aryl methyl sites for hydroxylation is 1. The van der Waals surface area contributed by atoms with Crippen LogP contribution in [0.15, 0.2) is 18.2 Å². The molecule has 0 radical (unpaired) electrons. The fraction of sp³-hybridized carbons (Fsp3) is 0.533. The topological polar surface area (TPSA) is 32.3 Å². The maximum atomic E-state index is 12.4. The Hall–Kier alpha value is -1.51. The average Bonchev–Trinajstić information content (AvgIpc) is 2.66. The minimum Gasteiger partial charge on any atom is -0.388 e. The van der Waals surface area contributed by atoms with Crippen molar-refractivity contribution in [3.63, 3.8) is 0 Å². The number of rotatable bonds is 2. The number of nitrogens with one attached hydrogen (secondary N) is 1. The van der Waals surface area contributed by atoms with Crippen LogP contribution < -0.4 is 5.32 Å². The molecule has 1 aliphatic rings. The Bertz CT molecular complexity index is 421. The summed E-state index contributed by atoms with van der Waals surface area (Å²) in [6, 6.07) is 5.89. The van der Waals surface area contributed by atoms with Gasteiger partial charge in [0.25, 0.3) is 5.91 Å². The average molecular weight is 246 g/mol. The predicted octanol–water partition coefficient (Wildman–Crippen LogP) is 3.05. The highest BCUT2D eigenvalue weighted by Gasteiger charge is 2.17. The Morgan fingerprint density at radius 3 is 2.39 bits per heavy atom. The number of nitrogens with zero attached hydrogens (tertiary/aromatic N) is 1. The van der Waals surface area contributed by atoms with Gasteiger partial charge >= 0.3 is 0 Å². The predicted molar refractivity (Wildman–Crippen MR) is 75.1 cm³/mol. The molecular formula is C15H22N2O. The minimum atomic E-state index is 0.183. The van der Waals surface area contributed by atoms with Crippen molar-refractivity contribution in [3.05, 3.63) is 29.3 Å². The molecule has 0 spiro atoms. The monoisotopic (exact) mass is 246 g/mol. The number of hydrogen-bond donors (Lipinski definition) is 1. The molecule has 0 aliphatic carbocycles. The van der Waals surface area contributed by atoms with Gasteiger partial charge in [-0.3, -0.25) is 4.79 Å². The number of amides is 1. The van der Waals surface area contributed by atoms with Crippen LogP contribution in [0.2, 0.25) is 0 Å². The quantitative estimate of drug-likeness (QED) is 0.870. The van der Waals surface area contributed by atoms with Gasteiger partial charge in [-0.1, -0.05) is 12.8 Å². The zero-order chi connectivity index (χ0) is 13.0. The van der Waals surface area contributed by atoms with Crippen LogP contribution in [0.1, 0.15) is 41.6 Å². The lowest BCUT2D eigenvalue weighted by molar-refractivity contribution is 0.0761. The second-order valence-electron chi connectivity index (χ2n) is 4.99. The molecule has 0 atom stereocenters. The van der Waals surface area contributed by atoms with E-state index >= 15 is 0 Å². The van der Waals surface area contributed by atoms with Crippen LogP contribution in [-0.2, 0) is 0 Å². The smallest absolute Gasteiger partial charge is 0.253 e. The van der Waals surface area contributed by atoms with Crippen LogP contribution in [0.5, 0.6) is 0 Å². The van der Waals surface area contributed by atoms with Gasteiger partial charge in [0.2, 0.25) is 0 Å². The number of benzene rings is 1. The van der Waals surface area contributed by atoms with Crippen molar-refractivity contribution in [1.82, 2.24) is 4.90 Å². The van der Waals surface area contributed by atoms with Crippen molar-refractivity contribution < 1.29 is 4.79 Å². The van der Waals surface area contributed by atoms with Crippen molar-refractivity contribution in [2.75, 3.05) is 25.5 Å². The van der Waals surface area contributed by atoms with Crippen LogP contribution in [0.3, 0.4) is 0 Å². The molecule has 1 saturated heterocycles. The minimum absolute atomic E-state index is 0.183. The molecule has 2 rings (SSSR count). The number of carbonyl (C=O) groups excluding carboxylic acids is 1. The summed E-state index contributed by atoms with van der Waals surface area (Å²) in [6.45, 7) is 3.85. The van der Waals surface area contributed by atoms with Crippen molar-refractivity contribution in [2.45, 2.75) is 32.6 Å². The Kier molecular flexibility index (Phi) is 4.24. The summed E-state index contributed by atoms with van der Waals surface area (Å²) in [5.74, 6) is 0.183. The van der Waals surface area contributed by atoms with Crippen LogP contribution in [0.4, 0.5) is 5.69 Å². The van der Waals surface area contributed by atoms with Crippen molar-refractivity contribution in [1.29, 1.82) is 0 Å². The van der Waals surface area contributed by atoms with E-state index in [4.69, 9.17) is 0 Å². The van der Waals surface area contributed by atoms with Gasteiger partial charge in [-0.2, -0.15) is 0 Å². The van der Waals surface area contributed by atoms with Gasteiger partial charge in [-0.15, -0.1) is 0 Å². The van der Waals surface area contributed by atoms with E-state index in [1.807, 2.05) is 37.1 Å². The van der Waals surface area contributed by atoms with E-state index in [9.17, 15) is 4.79 Å². The van der Waals surface area contributed by atoms with E-state index in [1.54, 1.807) is 0 Å². The second kappa shape index (κ2) is 5.89. The molecule has 1 aliphatic heterocycles. The number of likely N-dealkylation sites (tertiary alicyclic amines) is 1. The molecule has 1 aromatic carbocycles. The highest BCUT2D eigenvalue weighted by Crippen LogP contribution is 2.18. The van der Waals surface area contributed by atoms with Crippen LogP contribution in [0.25, 0.3) is 0 Å². The third kappa shape index (κ3) is 2.84. The van der Waals surface area contributed by atoms with E-state index in [0.717, 1.165) is 42.7 Å². The van der Waals surface area contributed by atoms with Gasteiger partial charge in [-0.05, 0) is 43.5 Å². The molecule has 3 heteroatoms. The molecule has 1 N–H and O–H groups in total. The largest absolute Gasteiger partial charge is 0.388 e. The summed E-state index contributed by atoms with van der Waals surface area (Å²) in [5.41, 5.74) is 3.02. The standard InChI is InChI=1S/C15H22N2O/c1-12-11-13(7-8-14(12)16-2)15(18)17-9-5-3-4-6-10-17/h7-8,11,16H,3-6,9-10H2,1-2H3.